The van der Waals surface area contributed by atoms with Crippen LogP contribution in [0.25, 0.3) is 0 Å². The van der Waals surface area contributed by atoms with E-state index in [-0.39, 0.29) is 6.04 Å². The lowest BCUT2D eigenvalue weighted by Crippen LogP contribution is -2.44. The Morgan fingerprint density at radius 3 is 2.56 bits per heavy atom. The van der Waals surface area contributed by atoms with Crippen LogP contribution in [0.4, 0.5) is 0 Å². The number of hydrogen-bond acceptors (Lipinski definition) is 4. The molecule has 1 aliphatic rings. The van der Waals surface area contributed by atoms with Crippen LogP contribution in [0.5, 0.6) is 0 Å². The monoisotopic (exact) mass is 245 g/mol. The van der Waals surface area contributed by atoms with Crippen molar-refractivity contribution in [2.45, 2.75) is 12.5 Å². The van der Waals surface area contributed by atoms with Gasteiger partial charge in [-0.1, -0.05) is 12.1 Å². The van der Waals surface area contributed by atoms with Crippen LogP contribution in [-0.2, 0) is 11.2 Å². The van der Waals surface area contributed by atoms with E-state index in [1.54, 1.807) is 0 Å². The Hall–Kier alpha value is -1.41. The minimum atomic E-state index is 0.135. The van der Waals surface area contributed by atoms with Gasteiger partial charge in [-0.25, -0.2) is 0 Å². The van der Waals surface area contributed by atoms with Gasteiger partial charge in [0.15, 0.2) is 0 Å². The molecule has 0 radical (unpaired) electrons. The van der Waals surface area contributed by atoms with Gasteiger partial charge < -0.3 is 10.5 Å². The zero-order valence-corrected chi connectivity index (χ0v) is 10.5. The van der Waals surface area contributed by atoms with Gasteiger partial charge in [0.2, 0.25) is 0 Å². The molecule has 1 atom stereocenters. The highest BCUT2D eigenvalue weighted by molar-refractivity contribution is 5.31. The van der Waals surface area contributed by atoms with Gasteiger partial charge >= 0.3 is 0 Å². The average Bonchev–Trinajstić information content (AvgIpc) is 2.40. The first-order valence-electron chi connectivity index (χ1n) is 6.32. The van der Waals surface area contributed by atoms with Gasteiger partial charge in [0.05, 0.1) is 24.8 Å². The summed E-state index contributed by atoms with van der Waals surface area (Å²) in [6.07, 6.45) is 0.850. The first kappa shape index (κ1) is 13.0. The molecule has 4 nitrogen and oxygen atoms in total. The number of morpholine rings is 1. The zero-order valence-electron chi connectivity index (χ0n) is 10.5. The number of nitriles is 1. The minimum Gasteiger partial charge on any atom is -0.379 e. The second-order valence-electron chi connectivity index (χ2n) is 4.69. The van der Waals surface area contributed by atoms with Crippen LogP contribution in [0.15, 0.2) is 24.3 Å². The van der Waals surface area contributed by atoms with Crippen molar-refractivity contribution in [3.8, 4) is 6.07 Å². The third kappa shape index (κ3) is 3.81. The SMILES string of the molecule is N#Cc1ccc(C[C@@H](N)CN2CCOCC2)cc1. The highest BCUT2D eigenvalue weighted by atomic mass is 16.5. The van der Waals surface area contributed by atoms with Crippen molar-refractivity contribution < 1.29 is 4.74 Å². The fourth-order valence-corrected chi connectivity index (χ4v) is 2.20. The summed E-state index contributed by atoms with van der Waals surface area (Å²) in [6.45, 7) is 4.47. The van der Waals surface area contributed by atoms with Crippen molar-refractivity contribution in [1.29, 1.82) is 5.26 Å². The fourth-order valence-electron chi connectivity index (χ4n) is 2.20. The van der Waals surface area contributed by atoms with Crippen LogP contribution in [0.3, 0.4) is 0 Å². The molecule has 1 fully saturated rings. The van der Waals surface area contributed by atoms with Crippen LogP contribution in [-0.4, -0.2) is 43.8 Å². The minimum absolute atomic E-state index is 0.135. The highest BCUT2D eigenvalue weighted by Crippen LogP contribution is 2.07. The van der Waals surface area contributed by atoms with E-state index in [2.05, 4.69) is 11.0 Å². The first-order chi connectivity index (χ1) is 8.78. The first-order valence-corrected chi connectivity index (χ1v) is 6.32. The molecule has 1 heterocycles. The van der Waals surface area contributed by atoms with E-state index in [9.17, 15) is 0 Å². The Morgan fingerprint density at radius 1 is 1.28 bits per heavy atom. The van der Waals surface area contributed by atoms with Crippen LogP contribution in [0.1, 0.15) is 11.1 Å². The summed E-state index contributed by atoms with van der Waals surface area (Å²) in [6, 6.07) is 9.91. The second kappa shape index (κ2) is 6.50. The van der Waals surface area contributed by atoms with Crippen LogP contribution in [0.2, 0.25) is 0 Å². The summed E-state index contributed by atoms with van der Waals surface area (Å²) >= 11 is 0. The second-order valence-corrected chi connectivity index (χ2v) is 4.69. The van der Waals surface area contributed by atoms with Gasteiger partial charge in [-0.05, 0) is 24.1 Å². The van der Waals surface area contributed by atoms with Gasteiger partial charge in [0.1, 0.15) is 0 Å². The lowest BCUT2D eigenvalue weighted by molar-refractivity contribution is 0.0353. The van der Waals surface area contributed by atoms with E-state index in [1.807, 2.05) is 24.3 Å². The quantitative estimate of drug-likeness (QED) is 0.850. The molecule has 0 bridgehead atoms. The number of hydrogen-bond donors (Lipinski definition) is 1. The molecule has 1 aliphatic heterocycles. The molecule has 4 heteroatoms. The van der Waals surface area contributed by atoms with Crippen LogP contribution < -0.4 is 5.73 Å². The molecule has 1 saturated heterocycles. The largest absolute Gasteiger partial charge is 0.379 e. The molecule has 1 aromatic rings. The lowest BCUT2D eigenvalue weighted by Gasteiger charge is -2.29. The van der Waals surface area contributed by atoms with Crippen molar-refractivity contribution in [3.05, 3.63) is 35.4 Å². The lowest BCUT2D eigenvalue weighted by atomic mass is 10.0. The third-order valence-electron chi connectivity index (χ3n) is 3.18. The smallest absolute Gasteiger partial charge is 0.0991 e. The van der Waals surface area contributed by atoms with Crippen LogP contribution in [0, 0.1) is 11.3 Å². The third-order valence-corrected chi connectivity index (χ3v) is 3.18. The van der Waals surface area contributed by atoms with Gasteiger partial charge in [0.25, 0.3) is 0 Å². The number of nitrogens with zero attached hydrogens (tertiary/aromatic N) is 2. The van der Waals surface area contributed by atoms with E-state index >= 15 is 0 Å². The van der Waals surface area contributed by atoms with Gasteiger partial charge in [-0.15, -0.1) is 0 Å². The Kier molecular flexibility index (Phi) is 4.71. The molecule has 18 heavy (non-hydrogen) atoms. The Labute approximate surface area is 108 Å². The molecule has 0 aliphatic carbocycles. The van der Waals surface area contributed by atoms with Crippen molar-refractivity contribution in [2.24, 2.45) is 5.73 Å². The normalized spacial score (nSPS) is 18.2. The predicted octanol–water partition coefficient (Wildman–Crippen LogP) is 0.760. The summed E-state index contributed by atoms with van der Waals surface area (Å²) in [5.74, 6) is 0. The van der Waals surface area contributed by atoms with Crippen molar-refractivity contribution in [2.75, 3.05) is 32.8 Å². The summed E-state index contributed by atoms with van der Waals surface area (Å²) in [5, 5.41) is 8.73. The van der Waals surface area contributed by atoms with E-state index < -0.39 is 0 Å². The van der Waals surface area contributed by atoms with E-state index in [0.29, 0.717) is 5.56 Å². The molecule has 0 unspecified atom stereocenters. The average molecular weight is 245 g/mol. The number of nitrogens with two attached hydrogens (primary N) is 1. The Morgan fingerprint density at radius 2 is 1.94 bits per heavy atom. The molecule has 0 saturated carbocycles. The number of ether oxygens (including phenoxy) is 1. The molecule has 2 N–H and O–H groups in total. The summed E-state index contributed by atoms with van der Waals surface area (Å²) in [4.78, 5) is 2.35. The Bertz CT molecular complexity index is 404. The molecular weight excluding hydrogens is 226 g/mol. The molecule has 2 rings (SSSR count). The topological polar surface area (TPSA) is 62.3 Å². The molecule has 0 aromatic heterocycles. The van der Waals surface area contributed by atoms with Crippen molar-refractivity contribution in [1.82, 2.24) is 4.90 Å². The maximum atomic E-state index is 8.73. The highest BCUT2D eigenvalue weighted by Gasteiger charge is 2.14. The maximum Gasteiger partial charge on any atom is 0.0991 e. The van der Waals surface area contributed by atoms with E-state index in [4.69, 9.17) is 15.7 Å². The van der Waals surface area contributed by atoms with E-state index in [1.165, 1.54) is 5.56 Å². The van der Waals surface area contributed by atoms with Gasteiger partial charge in [0, 0.05) is 25.7 Å². The standard InChI is InChI=1S/C14H19N3O/c15-10-13-3-1-12(2-4-13)9-14(16)11-17-5-7-18-8-6-17/h1-4,14H,5-9,11,16H2/t14-/m1/s1. The van der Waals surface area contributed by atoms with Gasteiger partial charge in [-0.2, -0.15) is 5.26 Å². The summed E-state index contributed by atoms with van der Waals surface area (Å²) < 4.78 is 5.31. The number of benzene rings is 1. The molecule has 96 valence electrons. The van der Waals surface area contributed by atoms with Gasteiger partial charge in [-0.3, -0.25) is 4.90 Å². The Balaban J connectivity index is 1.82. The summed E-state index contributed by atoms with van der Waals surface area (Å²) in [5.41, 5.74) is 8.04. The predicted molar refractivity (Wildman–Crippen MR) is 70.1 cm³/mol. The van der Waals surface area contributed by atoms with Crippen LogP contribution >= 0.6 is 0 Å². The number of rotatable bonds is 4. The molecular formula is C14H19N3O. The molecule has 0 amide bonds. The zero-order chi connectivity index (χ0) is 12.8. The van der Waals surface area contributed by atoms with Crippen molar-refractivity contribution in [3.63, 3.8) is 0 Å². The van der Waals surface area contributed by atoms with Crippen molar-refractivity contribution >= 4 is 0 Å². The fraction of sp³-hybridized carbons (Fsp3) is 0.500. The molecule has 0 spiro atoms. The summed E-state index contributed by atoms with van der Waals surface area (Å²) in [7, 11) is 0. The maximum absolute atomic E-state index is 8.73. The van der Waals surface area contributed by atoms with E-state index in [0.717, 1.165) is 39.3 Å². The molecule has 1 aromatic carbocycles.